The third-order valence-corrected chi connectivity index (χ3v) is 3.77. The van der Waals surface area contributed by atoms with Crippen LogP contribution in [0.2, 0.25) is 5.02 Å². The standard InChI is InChI=1S/C11H11ClF3O7P.Na/c1-18-23(16,17)21-9-4-7(2-3-8(9)12)10(5-20-22-10)19-6-11(13,14)15;/h2-4H,5-6H2,1H3,(H,16,17);/q;+1/p-1/i5T;. The summed E-state index contributed by atoms with van der Waals surface area (Å²) in [5, 5.41) is -0.167. The molecule has 3 atom stereocenters. The predicted octanol–water partition coefficient (Wildman–Crippen LogP) is -0.469. The van der Waals surface area contributed by atoms with Crippen LogP contribution in [0.15, 0.2) is 18.2 Å². The summed E-state index contributed by atoms with van der Waals surface area (Å²) < 4.78 is 69.4. The van der Waals surface area contributed by atoms with E-state index < -0.39 is 38.7 Å². The van der Waals surface area contributed by atoms with Crippen molar-refractivity contribution in [2.24, 2.45) is 0 Å². The van der Waals surface area contributed by atoms with E-state index in [0.29, 0.717) is 0 Å². The van der Waals surface area contributed by atoms with Crippen LogP contribution < -0.4 is 39.0 Å². The van der Waals surface area contributed by atoms with Crippen molar-refractivity contribution >= 4 is 19.4 Å². The van der Waals surface area contributed by atoms with Crippen molar-refractivity contribution in [3.05, 3.63) is 28.8 Å². The van der Waals surface area contributed by atoms with E-state index >= 15 is 0 Å². The van der Waals surface area contributed by atoms with E-state index in [1.165, 1.54) is 6.07 Å². The Labute approximate surface area is 163 Å². The van der Waals surface area contributed by atoms with Gasteiger partial charge in [0.05, 0.1) is 6.39 Å². The largest absolute Gasteiger partial charge is 1.00 e. The minimum atomic E-state index is -4.72. The van der Waals surface area contributed by atoms with Gasteiger partial charge in [0.1, 0.15) is 18.9 Å². The van der Waals surface area contributed by atoms with E-state index in [2.05, 4.69) is 23.6 Å². The number of phosphoric ester groups is 1. The van der Waals surface area contributed by atoms with Crippen LogP contribution in [-0.4, -0.2) is 26.5 Å². The molecule has 1 aliphatic rings. The fraction of sp³-hybridized carbons (Fsp3) is 0.455. The van der Waals surface area contributed by atoms with Crippen LogP contribution in [0.1, 0.15) is 6.93 Å². The van der Waals surface area contributed by atoms with E-state index in [9.17, 15) is 22.6 Å². The molecule has 13 heteroatoms. The Bertz CT molecular complexity index is 667. The molecule has 2 rings (SSSR count). The van der Waals surface area contributed by atoms with Gasteiger partial charge < -0.3 is 18.7 Å². The van der Waals surface area contributed by atoms with Crippen LogP contribution in [0.4, 0.5) is 13.2 Å². The molecule has 1 aromatic rings. The molecule has 0 N–H and O–H groups in total. The monoisotopic (exact) mass is 402 g/mol. The Kier molecular flexibility index (Phi) is 7.00. The van der Waals surface area contributed by atoms with Gasteiger partial charge in [-0.15, -0.1) is 0 Å². The molecule has 1 aliphatic heterocycles. The number of halogens is 4. The van der Waals surface area contributed by atoms with Crippen molar-refractivity contribution in [2.75, 3.05) is 20.3 Å². The first-order chi connectivity index (χ1) is 11.0. The number of alkyl halides is 3. The second kappa shape index (κ2) is 8.22. The Morgan fingerprint density at radius 1 is 1.54 bits per heavy atom. The van der Waals surface area contributed by atoms with E-state index in [1.54, 1.807) is 0 Å². The molecule has 0 spiro atoms. The van der Waals surface area contributed by atoms with Gasteiger partial charge in [-0.2, -0.15) is 18.1 Å². The van der Waals surface area contributed by atoms with Gasteiger partial charge in [-0.25, -0.2) is 4.89 Å². The number of phosphoric acid groups is 1. The summed E-state index contributed by atoms with van der Waals surface area (Å²) in [6.45, 7) is -3.36. The minimum Gasteiger partial charge on any atom is -0.746 e. The van der Waals surface area contributed by atoms with Gasteiger partial charge in [0.15, 0.2) is 0 Å². The molecule has 0 radical (unpaired) electrons. The van der Waals surface area contributed by atoms with Crippen molar-refractivity contribution < 1.29 is 77.1 Å². The van der Waals surface area contributed by atoms with E-state index in [1.807, 2.05) is 0 Å². The molecule has 0 bridgehead atoms. The van der Waals surface area contributed by atoms with Gasteiger partial charge >= 0.3 is 43.6 Å². The molecule has 7 nitrogen and oxygen atoms in total. The summed E-state index contributed by atoms with van der Waals surface area (Å²) in [7, 11) is -3.87. The maximum atomic E-state index is 12.4. The molecular weight excluding hydrogens is 391 g/mol. The van der Waals surface area contributed by atoms with Crippen LogP contribution >= 0.6 is 19.4 Å². The van der Waals surface area contributed by atoms with E-state index in [4.69, 9.17) is 13.0 Å². The molecule has 0 saturated carbocycles. The van der Waals surface area contributed by atoms with Crippen molar-refractivity contribution in [3.8, 4) is 5.75 Å². The second-order valence-corrected chi connectivity index (χ2v) is 6.08. The van der Waals surface area contributed by atoms with Crippen LogP contribution in [0.3, 0.4) is 0 Å². The SMILES string of the molecule is [3H]C1OOC1(OCC(F)(F)F)c1ccc(Cl)c(OP(=O)([O-])OC)c1.[Na+]. The van der Waals surface area contributed by atoms with Crippen LogP contribution in [0, 0.1) is 0 Å². The first-order valence-electron chi connectivity index (χ1n) is 6.41. The zero-order chi connectivity index (χ0) is 18.2. The first-order valence-corrected chi connectivity index (χ1v) is 7.67. The van der Waals surface area contributed by atoms with E-state index in [-0.39, 0.29) is 40.1 Å². The Morgan fingerprint density at radius 3 is 2.67 bits per heavy atom. The van der Waals surface area contributed by atoms with Crippen molar-refractivity contribution in [1.82, 2.24) is 0 Å². The summed E-state index contributed by atoms with van der Waals surface area (Å²) in [4.78, 5) is 20.2. The maximum absolute atomic E-state index is 12.4. The van der Waals surface area contributed by atoms with Gasteiger partial charge in [0.25, 0.3) is 5.79 Å². The minimum absolute atomic E-state index is 0. The van der Waals surface area contributed by atoms with Crippen LogP contribution in [-0.2, 0) is 29.4 Å². The molecule has 0 amide bonds. The van der Waals surface area contributed by atoms with Gasteiger partial charge in [0.2, 0.25) is 0 Å². The summed E-state index contributed by atoms with van der Waals surface area (Å²) in [5.41, 5.74) is -0.159. The number of rotatable bonds is 6. The number of hydrogen-bond donors (Lipinski definition) is 0. The molecule has 1 saturated heterocycles. The molecule has 3 unspecified atom stereocenters. The number of hydrogen-bond acceptors (Lipinski definition) is 7. The quantitative estimate of drug-likeness (QED) is 0.361. The fourth-order valence-electron chi connectivity index (χ4n) is 1.53. The number of ether oxygens (including phenoxy) is 1. The van der Waals surface area contributed by atoms with Crippen LogP contribution in [0.5, 0.6) is 5.75 Å². The van der Waals surface area contributed by atoms with Crippen molar-refractivity contribution in [2.45, 2.75) is 12.0 Å². The maximum Gasteiger partial charge on any atom is 1.00 e. The molecule has 130 valence electrons. The molecule has 1 fully saturated rings. The smallest absolute Gasteiger partial charge is 0.746 e. The van der Waals surface area contributed by atoms with Gasteiger partial charge in [0, 0.05) is 12.7 Å². The average Bonchev–Trinajstić information content (AvgIpc) is 2.48. The normalized spacial score (nSPS) is 26.6. The Balaban J connectivity index is 0.00000312. The molecule has 24 heavy (non-hydrogen) atoms. The zero-order valence-electron chi connectivity index (χ0n) is 13.3. The third kappa shape index (κ3) is 5.57. The van der Waals surface area contributed by atoms with Crippen molar-refractivity contribution in [3.63, 3.8) is 0 Å². The van der Waals surface area contributed by atoms with Gasteiger partial charge in [-0.05, 0) is 12.1 Å². The molecule has 1 heterocycles. The van der Waals surface area contributed by atoms with Crippen LogP contribution in [0.25, 0.3) is 0 Å². The zero-order valence-corrected chi connectivity index (χ0v) is 16.0. The molecular formula is C11H10ClF3NaO7P. The summed E-state index contributed by atoms with van der Waals surface area (Å²) in [6, 6.07) is 3.26. The fourth-order valence-corrected chi connectivity index (χ4v) is 2.21. The molecule has 1 aromatic carbocycles. The van der Waals surface area contributed by atoms with Gasteiger partial charge in [-0.3, -0.25) is 4.57 Å². The second-order valence-electron chi connectivity index (χ2n) is 4.24. The van der Waals surface area contributed by atoms with E-state index in [0.717, 1.165) is 19.2 Å². The summed E-state index contributed by atoms with van der Waals surface area (Å²) in [6.07, 6.45) is -4.68. The molecule has 0 aliphatic carbocycles. The summed E-state index contributed by atoms with van der Waals surface area (Å²) in [5.74, 6) is -2.65. The average molecular weight is 403 g/mol. The topological polar surface area (TPSA) is 86.3 Å². The Hall–Kier alpha value is 0.130. The van der Waals surface area contributed by atoms with Gasteiger partial charge in [-0.1, -0.05) is 17.7 Å². The summed E-state index contributed by atoms with van der Waals surface area (Å²) >= 11 is 5.78. The number of benzene rings is 1. The predicted molar refractivity (Wildman–Crippen MR) is 67.4 cm³/mol. The molecule has 0 aromatic heterocycles. The van der Waals surface area contributed by atoms with Crippen molar-refractivity contribution in [1.29, 1.82) is 0 Å². The first kappa shape index (κ1) is 20.4. The third-order valence-electron chi connectivity index (χ3n) is 2.59. The Morgan fingerprint density at radius 2 is 2.21 bits per heavy atom.